The van der Waals surface area contributed by atoms with E-state index in [0.717, 1.165) is 12.8 Å². The summed E-state index contributed by atoms with van der Waals surface area (Å²) in [5, 5.41) is 2.84. The Bertz CT molecular complexity index is 365. The van der Waals surface area contributed by atoms with Crippen molar-refractivity contribution in [3.8, 4) is 0 Å². The fraction of sp³-hybridized carbons (Fsp3) is 0.909. The molecule has 17 heavy (non-hydrogen) atoms. The van der Waals surface area contributed by atoms with Gasteiger partial charge in [-0.05, 0) is 33.6 Å². The Morgan fingerprint density at radius 2 is 2.12 bits per heavy atom. The van der Waals surface area contributed by atoms with Gasteiger partial charge in [0.05, 0.1) is 11.7 Å². The van der Waals surface area contributed by atoms with Gasteiger partial charge in [0.25, 0.3) is 0 Å². The van der Waals surface area contributed by atoms with E-state index in [1.165, 1.54) is 4.31 Å². The van der Waals surface area contributed by atoms with Crippen LogP contribution in [-0.4, -0.2) is 43.5 Å². The topological polar surface area (TPSA) is 66.5 Å². The fourth-order valence-electron chi connectivity index (χ4n) is 1.99. The van der Waals surface area contributed by atoms with Crippen molar-refractivity contribution < 1.29 is 13.2 Å². The molecule has 0 saturated carbocycles. The van der Waals surface area contributed by atoms with E-state index in [1.54, 1.807) is 6.92 Å². The molecule has 1 amide bonds. The van der Waals surface area contributed by atoms with Crippen LogP contribution in [0.1, 0.15) is 33.6 Å². The molecule has 0 aromatic carbocycles. The molecular weight excluding hydrogens is 240 g/mol. The Morgan fingerprint density at radius 3 is 2.65 bits per heavy atom. The molecule has 0 radical (unpaired) electrons. The molecule has 0 spiro atoms. The monoisotopic (exact) mass is 262 g/mol. The molecule has 0 aromatic rings. The van der Waals surface area contributed by atoms with Gasteiger partial charge >= 0.3 is 0 Å². The van der Waals surface area contributed by atoms with Crippen LogP contribution in [0.4, 0.5) is 0 Å². The van der Waals surface area contributed by atoms with Crippen molar-refractivity contribution in [3.05, 3.63) is 0 Å². The van der Waals surface area contributed by atoms with E-state index in [-0.39, 0.29) is 23.6 Å². The Hall–Kier alpha value is -0.620. The zero-order valence-corrected chi connectivity index (χ0v) is 11.6. The van der Waals surface area contributed by atoms with Gasteiger partial charge < -0.3 is 5.32 Å². The summed E-state index contributed by atoms with van der Waals surface area (Å²) in [5.74, 6) is -0.130. The molecule has 0 bridgehead atoms. The summed E-state index contributed by atoms with van der Waals surface area (Å²) in [5.41, 5.74) is 0. The summed E-state index contributed by atoms with van der Waals surface area (Å²) in [7, 11) is -3.16. The maximum Gasteiger partial charge on any atom is 0.224 e. The maximum absolute atomic E-state index is 11.8. The SMILES string of the molecule is CCS(=O)(=O)N1CCC[C@H](C(=O)NC(C)C)C1. The number of carbonyl (C=O) groups excluding carboxylic acids is 1. The van der Waals surface area contributed by atoms with Gasteiger partial charge in [-0.1, -0.05) is 0 Å². The maximum atomic E-state index is 11.8. The Morgan fingerprint density at radius 1 is 1.47 bits per heavy atom. The first-order valence-electron chi connectivity index (χ1n) is 6.15. The second kappa shape index (κ2) is 5.82. The van der Waals surface area contributed by atoms with E-state index >= 15 is 0 Å². The van der Waals surface area contributed by atoms with Crippen molar-refractivity contribution in [1.29, 1.82) is 0 Å². The van der Waals surface area contributed by atoms with E-state index in [0.29, 0.717) is 13.1 Å². The number of rotatable bonds is 4. The minimum absolute atomic E-state index is 0.0315. The highest BCUT2D eigenvalue weighted by atomic mass is 32.2. The summed E-state index contributed by atoms with van der Waals surface area (Å²) < 4.78 is 24.9. The lowest BCUT2D eigenvalue weighted by Gasteiger charge is -2.31. The standard InChI is InChI=1S/C11H22N2O3S/c1-4-17(15,16)13-7-5-6-10(8-13)11(14)12-9(2)3/h9-10H,4-8H2,1-3H3,(H,12,14)/t10-/m0/s1. The second-order valence-corrected chi connectivity index (χ2v) is 7.02. The highest BCUT2D eigenvalue weighted by Gasteiger charge is 2.31. The van der Waals surface area contributed by atoms with Gasteiger partial charge in [0, 0.05) is 19.1 Å². The number of carbonyl (C=O) groups is 1. The van der Waals surface area contributed by atoms with Gasteiger partial charge in [-0.2, -0.15) is 0 Å². The number of hydrogen-bond acceptors (Lipinski definition) is 3. The Labute approximate surface area is 104 Å². The molecule has 5 nitrogen and oxygen atoms in total. The largest absolute Gasteiger partial charge is 0.354 e. The lowest BCUT2D eigenvalue weighted by Crippen LogP contribution is -2.47. The molecule has 100 valence electrons. The molecule has 0 aromatic heterocycles. The predicted molar refractivity (Wildman–Crippen MR) is 67.0 cm³/mol. The predicted octanol–water partition coefficient (Wildman–Crippen LogP) is 0.573. The number of nitrogens with zero attached hydrogens (tertiary/aromatic N) is 1. The average molecular weight is 262 g/mol. The minimum atomic E-state index is -3.16. The van der Waals surface area contributed by atoms with Gasteiger partial charge in [-0.15, -0.1) is 0 Å². The first-order chi connectivity index (χ1) is 7.86. The zero-order chi connectivity index (χ0) is 13.1. The molecule has 1 heterocycles. The number of amides is 1. The normalized spacial score (nSPS) is 22.7. The van der Waals surface area contributed by atoms with Gasteiger partial charge in [0.15, 0.2) is 0 Å². The lowest BCUT2D eigenvalue weighted by atomic mass is 9.98. The van der Waals surface area contributed by atoms with Crippen molar-refractivity contribution >= 4 is 15.9 Å². The second-order valence-electron chi connectivity index (χ2n) is 4.76. The van der Waals surface area contributed by atoms with Crippen molar-refractivity contribution in [3.63, 3.8) is 0 Å². The lowest BCUT2D eigenvalue weighted by molar-refractivity contribution is -0.126. The third-order valence-electron chi connectivity index (χ3n) is 2.94. The Kier molecular flexibility index (Phi) is 4.94. The molecule has 1 saturated heterocycles. The van der Waals surface area contributed by atoms with Crippen LogP contribution in [0.5, 0.6) is 0 Å². The van der Waals surface area contributed by atoms with E-state index in [9.17, 15) is 13.2 Å². The van der Waals surface area contributed by atoms with Crippen LogP contribution in [0.3, 0.4) is 0 Å². The van der Waals surface area contributed by atoms with Gasteiger partial charge in [0.2, 0.25) is 15.9 Å². The van der Waals surface area contributed by atoms with E-state index in [4.69, 9.17) is 0 Å². The molecule has 1 atom stereocenters. The van der Waals surface area contributed by atoms with Gasteiger partial charge in [-0.25, -0.2) is 12.7 Å². The summed E-state index contributed by atoms with van der Waals surface area (Å²) in [6.07, 6.45) is 1.53. The van der Waals surface area contributed by atoms with Gasteiger partial charge in [0.1, 0.15) is 0 Å². The highest BCUT2D eigenvalue weighted by molar-refractivity contribution is 7.89. The average Bonchev–Trinajstić information content (AvgIpc) is 2.28. The third kappa shape index (κ3) is 3.96. The van der Waals surface area contributed by atoms with Crippen LogP contribution < -0.4 is 5.32 Å². The highest BCUT2D eigenvalue weighted by Crippen LogP contribution is 2.19. The Balaban J connectivity index is 2.64. The number of piperidine rings is 1. The smallest absolute Gasteiger partial charge is 0.224 e. The van der Waals surface area contributed by atoms with Crippen molar-refractivity contribution in [1.82, 2.24) is 9.62 Å². The molecule has 1 N–H and O–H groups in total. The molecule has 0 unspecified atom stereocenters. The van der Waals surface area contributed by atoms with Crippen LogP contribution in [0.25, 0.3) is 0 Å². The fourth-order valence-corrected chi connectivity index (χ4v) is 3.17. The van der Waals surface area contributed by atoms with Crippen LogP contribution in [-0.2, 0) is 14.8 Å². The van der Waals surface area contributed by atoms with Crippen molar-refractivity contribution in [2.75, 3.05) is 18.8 Å². The first-order valence-corrected chi connectivity index (χ1v) is 7.76. The summed E-state index contributed by atoms with van der Waals surface area (Å²) in [6, 6.07) is 0.0978. The zero-order valence-electron chi connectivity index (χ0n) is 10.8. The van der Waals surface area contributed by atoms with Crippen LogP contribution in [0.2, 0.25) is 0 Å². The quantitative estimate of drug-likeness (QED) is 0.805. The number of sulfonamides is 1. The van der Waals surface area contributed by atoms with Crippen molar-refractivity contribution in [2.24, 2.45) is 5.92 Å². The van der Waals surface area contributed by atoms with Gasteiger partial charge in [-0.3, -0.25) is 4.79 Å². The van der Waals surface area contributed by atoms with E-state index in [2.05, 4.69) is 5.32 Å². The van der Waals surface area contributed by atoms with E-state index in [1.807, 2.05) is 13.8 Å². The van der Waals surface area contributed by atoms with Crippen molar-refractivity contribution in [2.45, 2.75) is 39.7 Å². The summed E-state index contributed by atoms with van der Waals surface area (Å²) >= 11 is 0. The molecule has 0 aliphatic carbocycles. The third-order valence-corrected chi connectivity index (χ3v) is 4.79. The molecule has 1 aliphatic heterocycles. The van der Waals surface area contributed by atoms with E-state index < -0.39 is 10.0 Å². The summed E-state index contributed by atoms with van der Waals surface area (Å²) in [6.45, 7) is 6.31. The molecule has 1 fully saturated rings. The number of hydrogen-bond donors (Lipinski definition) is 1. The molecular formula is C11H22N2O3S. The van der Waals surface area contributed by atoms with Crippen LogP contribution in [0.15, 0.2) is 0 Å². The molecule has 6 heteroatoms. The summed E-state index contributed by atoms with van der Waals surface area (Å²) in [4.78, 5) is 11.8. The first kappa shape index (κ1) is 14.4. The minimum Gasteiger partial charge on any atom is -0.354 e. The number of nitrogens with one attached hydrogen (secondary N) is 1. The van der Waals surface area contributed by atoms with Crippen LogP contribution in [0, 0.1) is 5.92 Å². The molecule has 1 aliphatic rings. The van der Waals surface area contributed by atoms with Crippen LogP contribution >= 0.6 is 0 Å². The molecule has 1 rings (SSSR count).